The van der Waals surface area contributed by atoms with Gasteiger partial charge in [-0.25, -0.2) is 4.79 Å². The van der Waals surface area contributed by atoms with Crippen molar-refractivity contribution in [3.63, 3.8) is 0 Å². The molecule has 2 aliphatic heterocycles. The summed E-state index contributed by atoms with van der Waals surface area (Å²) in [5.41, 5.74) is 0. The summed E-state index contributed by atoms with van der Waals surface area (Å²) in [5, 5.41) is 27.6. The minimum atomic E-state index is -0.884. The Balaban J connectivity index is 1.86. The first-order chi connectivity index (χ1) is 8.49. The summed E-state index contributed by atoms with van der Waals surface area (Å²) in [7, 11) is 0. The number of hydrogen-bond donors (Lipinski definition) is 3. The molecule has 0 aromatic rings. The van der Waals surface area contributed by atoms with E-state index in [4.69, 9.17) is 5.11 Å². The van der Waals surface area contributed by atoms with E-state index in [0.29, 0.717) is 25.9 Å². The summed E-state index contributed by atoms with van der Waals surface area (Å²) < 4.78 is 0. The second kappa shape index (κ2) is 5.11. The van der Waals surface area contributed by atoms with E-state index in [0.717, 1.165) is 0 Å². The lowest BCUT2D eigenvalue weighted by atomic mass is 9.97. The number of piperidine rings is 1. The van der Waals surface area contributed by atoms with E-state index in [1.54, 1.807) is 4.90 Å². The standard InChI is InChI=1S/C11H18N2O5/c14-8-5-13(6-9(8)15)11(18)12-3-1-7(2-4-12)10(16)17/h7-9,14-15H,1-6H2,(H,16,17). The molecule has 3 N–H and O–H groups in total. The number of carbonyl (C=O) groups excluding carboxylic acids is 1. The van der Waals surface area contributed by atoms with Gasteiger partial charge >= 0.3 is 12.0 Å². The third-order valence-corrected chi connectivity index (χ3v) is 3.64. The van der Waals surface area contributed by atoms with Crippen molar-refractivity contribution in [2.75, 3.05) is 26.2 Å². The summed E-state index contributed by atoms with van der Waals surface area (Å²) >= 11 is 0. The molecule has 2 aliphatic rings. The Bertz CT molecular complexity index is 330. The number of urea groups is 1. The lowest BCUT2D eigenvalue weighted by Crippen LogP contribution is -2.47. The van der Waals surface area contributed by atoms with Gasteiger partial charge in [0.2, 0.25) is 0 Å². The van der Waals surface area contributed by atoms with Gasteiger partial charge in [-0.05, 0) is 12.8 Å². The molecule has 2 fully saturated rings. The molecule has 0 aromatic heterocycles. The summed E-state index contributed by atoms with van der Waals surface area (Å²) in [5.74, 6) is -1.18. The highest BCUT2D eigenvalue weighted by atomic mass is 16.4. The van der Waals surface area contributed by atoms with Gasteiger partial charge in [0, 0.05) is 13.1 Å². The van der Waals surface area contributed by atoms with Crippen LogP contribution in [0.1, 0.15) is 12.8 Å². The molecule has 2 amide bonds. The van der Waals surface area contributed by atoms with E-state index < -0.39 is 18.2 Å². The second-order valence-corrected chi connectivity index (χ2v) is 4.92. The molecule has 7 nitrogen and oxygen atoms in total. The molecule has 0 aliphatic carbocycles. The van der Waals surface area contributed by atoms with Crippen LogP contribution in [-0.2, 0) is 4.79 Å². The molecule has 0 spiro atoms. The van der Waals surface area contributed by atoms with Crippen molar-refractivity contribution in [3.05, 3.63) is 0 Å². The number of likely N-dealkylation sites (tertiary alicyclic amines) is 2. The first-order valence-electron chi connectivity index (χ1n) is 6.12. The second-order valence-electron chi connectivity index (χ2n) is 4.92. The Labute approximate surface area is 105 Å². The van der Waals surface area contributed by atoms with Crippen LogP contribution in [0.25, 0.3) is 0 Å². The highest BCUT2D eigenvalue weighted by molar-refractivity contribution is 5.76. The molecule has 2 saturated heterocycles. The largest absolute Gasteiger partial charge is 0.481 e. The average molecular weight is 258 g/mol. The van der Waals surface area contributed by atoms with Crippen LogP contribution < -0.4 is 0 Å². The number of aliphatic carboxylic acids is 1. The van der Waals surface area contributed by atoms with Gasteiger partial charge in [0.1, 0.15) is 0 Å². The van der Waals surface area contributed by atoms with Crippen molar-refractivity contribution in [1.29, 1.82) is 0 Å². The fourth-order valence-electron chi connectivity index (χ4n) is 2.44. The van der Waals surface area contributed by atoms with Crippen LogP contribution in [0.4, 0.5) is 4.79 Å². The topological polar surface area (TPSA) is 101 Å². The van der Waals surface area contributed by atoms with Crippen LogP contribution >= 0.6 is 0 Å². The van der Waals surface area contributed by atoms with Crippen LogP contribution in [0, 0.1) is 5.92 Å². The summed E-state index contributed by atoms with van der Waals surface area (Å²) in [6, 6.07) is -0.227. The zero-order chi connectivity index (χ0) is 13.3. The lowest BCUT2D eigenvalue weighted by molar-refractivity contribution is -0.143. The maximum Gasteiger partial charge on any atom is 0.320 e. The van der Waals surface area contributed by atoms with Crippen molar-refractivity contribution in [3.8, 4) is 0 Å². The molecule has 102 valence electrons. The molecule has 0 radical (unpaired) electrons. The lowest BCUT2D eigenvalue weighted by Gasteiger charge is -2.33. The van der Waals surface area contributed by atoms with Crippen LogP contribution in [0.3, 0.4) is 0 Å². The van der Waals surface area contributed by atoms with Crippen LogP contribution in [0.5, 0.6) is 0 Å². The highest BCUT2D eigenvalue weighted by Gasteiger charge is 2.36. The Morgan fingerprint density at radius 2 is 1.44 bits per heavy atom. The molecular weight excluding hydrogens is 240 g/mol. The molecule has 2 rings (SSSR count). The highest BCUT2D eigenvalue weighted by Crippen LogP contribution is 2.20. The van der Waals surface area contributed by atoms with Crippen LogP contribution in [-0.4, -0.2) is 75.5 Å². The minimum Gasteiger partial charge on any atom is -0.481 e. The normalized spacial score (nSPS) is 29.7. The molecule has 2 heterocycles. The monoisotopic (exact) mass is 258 g/mol. The Morgan fingerprint density at radius 3 is 1.89 bits per heavy atom. The number of carbonyl (C=O) groups is 2. The third kappa shape index (κ3) is 2.56. The number of carboxylic acid groups (broad SMARTS) is 1. The van der Waals surface area contributed by atoms with E-state index in [1.165, 1.54) is 4.90 Å². The fourth-order valence-corrected chi connectivity index (χ4v) is 2.44. The van der Waals surface area contributed by atoms with Gasteiger partial charge in [0.05, 0.1) is 31.2 Å². The zero-order valence-corrected chi connectivity index (χ0v) is 10.0. The van der Waals surface area contributed by atoms with Crippen LogP contribution in [0.15, 0.2) is 0 Å². The number of carboxylic acids is 1. The van der Waals surface area contributed by atoms with Crippen molar-refractivity contribution >= 4 is 12.0 Å². The van der Waals surface area contributed by atoms with Crippen molar-refractivity contribution in [1.82, 2.24) is 9.80 Å². The van der Waals surface area contributed by atoms with Gasteiger partial charge in [-0.3, -0.25) is 4.79 Å². The third-order valence-electron chi connectivity index (χ3n) is 3.64. The van der Waals surface area contributed by atoms with E-state index in [1.807, 2.05) is 0 Å². The number of rotatable bonds is 1. The van der Waals surface area contributed by atoms with Crippen LogP contribution in [0.2, 0.25) is 0 Å². The number of β-amino-alcohol motifs (C(OH)–C–C–N with tert-alkyl or cyclic N) is 2. The van der Waals surface area contributed by atoms with Gasteiger partial charge < -0.3 is 25.1 Å². The van der Waals surface area contributed by atoms with Crippen molar-refractivity contribution in [2.45, 2.75) is 25.0 Å². The van der Waals surface area contributed by atoms with E-state index in [-0.39, 0.29) is 25.0 Å². The fraction of sp³-hybridized carbons (Fsp3) is 0.818. The number of nitrogens with zero attached hydrogens (tertiary/aromatic N) is 2. The number of aliphatic hydroxyl groups excluding tert-OH is 2. The predicted octanol–water partition coefficient (Wildman–Crippen LogP) is -1.06. The van der Waals surface area contributed by atoms with E-state index in [2.05, 4.69) is 0 Å². The zero-order valence-electron chi connectivity index (χ0n) is 10.0. The maximum atomic E-state index is 12.1. The predicted molar refractivity (Wildman–Crippen MR) is 60.9 cm³/mol. The molecule has 7 heteroatoms. The average Bonchev–Trinajstić information content (AvgIpc) is 2.69. The summed E-state index contributed by atoms with van der Waals surface area (Å²) in [6.07, 6.45) is -0.851. The molecule has 0 aromatic carbocycles. The van der Waals surface area contributed by atoms with Gasteiger partial charge in [0.15, 0.2) is 0 Å². The number of aliphatic hydroxyl groups is 2. The number of amides is 2. The van der Waals surface area contributed by atoms with Crippen molar-refractivity contribution in [2.24, 2.45) is 5.92 Å². The Morgan fingerprint density at radius 1 is 0.944 bits per heavy atom. The smallest absolute Gasteiger partial charge is 0.320 e. The molecule has 0 saturated carbocycles. The van der Waals surface area contributed by atoms with Gasteiger partial charge in [-0.2, -0.15) is 0 Å². The molecule has 18 heavy (non-hydrogen) atoms. The molecule has 2 unspecified atom stereocenters. The quantitative estimate of drug-likeness (QED) is 0.556. The molecule has 0 bridgehead atoms. The summed E-state index contributed by atoms with van der Waals surface area (Å²) in [4.78, 5) is 25.8. The number of hydrogen-bond acceptors (Lipinski definition) is 4. The van der Waals surface area contributed by atoms with Gasteiger partial charge in [-0.15, -0.1) is 0 Å². The SMILES string of the molecule is O=C(O)C1CCN(C(=O)N2CC(O)C(O)C2)CC1. The first kappa shape index (κ1) is 13.1. The Kier molecular flexibility index (Phi) is 3.72. The minimum absolute atomic E-state index is 0.138. The van der Waals surface area contributed by atoms with E-state index >= 15 is 0 Å². The van der Waals surface area contributed by atoms with E-state index in [9.17, 15) is 19.8 Å². The Hall–Kier alpha value is -1.34. The van der Waals surface area contributed by atoms with Crippen molar-refractivity contribution < 1.29 is 24.9 Å². The molecular formula is C11H18N2O5. The molecule has 2 atom stereocenters. The first-order valence-corrected chi connectivity index (χ1v) is 6.12. The summed E-state index contributed by atoms with van der Waals surface area (Å²) in [6.45, 7) is 1.11. The van der Waals surface area contributed by atoms with Gasteiger partial charge in [0.25, 0.3) is 0 Å². The maximum absolute atomic E-state index is 12.1. The van der Waals surface area contributed by atoms with Gasteiger partial charge in [-0.1, -0.05) is 0 Å².